The minimum Gasteiger partial charge on any atom is -0.508 e. The molecule has 0 spiro atoms. The fourth-order valence-corrected chi connectivity index (χ4v) is 5.69. The topological polar surface area (TPSA) is 230 Å². The number of fused-ring (bicyclic) bond motifs is 2. The molecular formula is C31H25NO12. The maximum absolute atomic E-state index is 11.6. The van der Waals surface area contributed by atoms with E-state index in [4.69, 9.17) is 9.47 Å². The summed E-state index contributed by atoms with van der Waals surface area (Å²) in [5, 5.41) is 99.2. The molecule has 0 aromatic heterocycles. The molecule has 13 heteroatoms. The van der Waals surface area contributed by atoms with E-state index in [1.165, 1.54) is 30.3 Å². The number of nitrogens with zero attached hydrogens (tertiary/aromatic N) is 1. The summed E-state index contributed by atoms with van der Waals surface area (Å²) in [6.45, 7) is 1.58. The molecule has 2 aliphatic heterocycles. The molecule has 44 heavy (non-hydrogen) atoms. The Hall–Kier alpha value is -5.82. The van der Waals surface area contributed by atoms with Crippen molar-refractivity contribution >= 4 is 11.3 Å². The summed E-state index contributed by atoms with van der Waals surface area (Å²) in [5.41, 5.74) is -0.665. The Bertz CT molecular complexity index is 1880. The zero-order valence-electron chi connectivity index (χ0n) is 22.7. The van der Waals surface area contributed by atoms with Gasteiger partial charge in [0.2, 0.25) is 0 Å². The van der Waals surface area contributed by atoms with E-state index in [2.05, 4.69) is 5.18 Å². The molecule has 0 saturated heterocycles. The first-order chi connectivity index (χ1) is 20.9. The quantitative estimate of drug-likeness (QED) is 0.110. The van der Waals surface area contributed by atoms with Crippen LogP contribution in [0.25, 0.3) is 5.57 Å². The number of aliphatic hydroxyl groups is 2. The van der Waals surface area contributed by atoms with E-state index >= 15 is 0 Å². The SMILES string of the molecule is CC1c2c(cc(O)c(C3=C(O)[C@H](c4ccc(N=O)c(O)c4)Oc4cc(O)cc(O)c43)c2O)OC(c2ccc(O)c(O)c2)C1O. The molecule has 0 fully saturated rings. The molecule has 2 heterocycles. The van der Waals surface area contributed by atoms with Gasteiger partial charge in [-0.15, -0.1) is 4.91 Å². The molecule has 9 N–H and O–H groups in total. The van der Waals surface area contributed by atoms with E-state index < -0.39 is 64.5 Å². The highest BCUT2D eigenvalue weighted by molar-refractivity contribution is 5.94. The molecule has 0 aliphatic carbocycles. The molecule has 6 rings (SSSR count). The molecule has 4 aromatic carbocycles. The van der Waals surface area contributed by atoms with E-state index in [9.17, 15) is 50.9 Å². The summed E-state index contributed by atoms with van der Waals surface area (Å²) < 4.78 is 11.8. The number of rotatable bonds is 4. The van der Waals surface area contributed by atoms with Gasteiger partial charge in [0.15, 0.2) is 23.7 Å². The van der Waals surface area contributed by atoms with Gasteiger partial charge in [-0.05, 0) is 35.0 Å². The molecule has 3 unspecified atom stereocenters. The summed E-state index contributed by atoms with van der Waals surface area (Å²) in [5.74, 6) is -5.20. The summed E-state index contributed by atoms with van der Waals surface area (Å²) in [4.78, 5) is 11.0. The van der Waals surface area contributed by atoms with Crippen molar-refractivity contribution < 1.29 is 55.4 Å². The lowest BCUT2D eigenvalue weighted by molar-refractivity contribution is 0.00261. The smallest absolute Gasteiger partial charge is 0.181 e. The second kappa shape index (κ2) is 10.2. The molecule has 4 aromatic rings. The van der Waals surface area contributed by atoms with Gasteiger partial charge in [-0.3, -0.25) is 0 Å². The molecule has 4 atom stereocenters. The largest absolute Gasteiger partial charge is 0.508 e. The molecule has 2 aliphatic rings. The molecule has 0 bridgehead atoms. The van der Waals surface area contributed by atoms with Gasteiger partial charge in [0.25, 0.3) is 0 Å². The Kier molecular flexibility index (Phi) is 6.54. The van der Waals surface area contributed by atoms with Crippen molar-refractivity contribution in [3.63, 3.8) is 0 Å². The van der Waals surface area contributed by atoms with Crippen LogP contribution in [0.1, 0.15) is 52.9 Å². The number of nitroso groups, excluding NO2 is 1. The van der Waals surface area contributed by atoms with Crippen LogP contribution in [0.4, 0.5) is 5.69 Å². The highest BCUT2D eigenvalue weighted by Crippen LogP contribution is 2.57. The van der Waals surface area contributed by atoms with Gasteiger partial charge in [-0.25, -0.2) is 0 Å². The highest BCUT2D eigenvalue weighted by atomic mass is 16.5. The summed E-state index contributed by atoms with van der Waals surface area (Å²) in [7, 11) is 0. The van der Waals surface area contributed by atoms with Gasteiger partial charge in [0.1, 0.15) is 57.8 Å². The maximum Gasteiger partial charge on any atom is 0.181 e. The minimum atomic E-state index is -1.43. The van der Waals surface area contributed by atoms with Crippen LogP contribution in [0.2, 0.25) is 0 Å². The number of benzene rings is 4. The van der Waals surface area contributed by atoms with Crippen molar-refractivity contribution in [2.75, 3.05) is 0 Å². The first-order valence-corrected chi connectivity index (χ1v) is 13.2. The van der Waals surface area contributed by atoms with E-state index in [0.717, 1.165) is 24.3 Å². The fraction of sp³-hybridized carbons (Fsp3) is 0.161. The Morgan fingerprint density at radius 3 is 2.05 bits per heavy atom. The van der Waals surface area contributed by atoms with Gasteiger partial charge >= 0.3 is 0 Å². The lowest BCUT2D eigenvalue weighted by atomic mass is 9.81. The summed E-state index contributed by atoms with van der Waals surface area (Å²) in [6.07, 6.45) is -3.80. The van der Waals surface area contributed by atoms with Crippen LogP contribution in [0.15, 0.2) is 65.5 Å². The van der Waals surface area contributed by atoms with Crippen LogP contribution in [0.3, 0.4) is 0 Å². The molecule has 0 amide bonds. The average Bonchev–Trinajstić information content (AvgIpc) is 2.97. The van der Waals surface area contributed by atoms with Crippen molar-refractivity contribution in [1.29, 1.82) is 0 Å². The van der Waals surface area contributed by atoms with Crippen LogP contribution < -0.4 is 9.47 Å². The van der Waals surface area contributed by atoms with Gasteiger partial charge in [0, 0.05) is 40.8 Å². The molecular weight excluding hydrogens is 578 g/mol. The summed E-state index contributed by atoms with van der Waals surface area (Å²) >= 11 is 0. The molecule has 0 saturated carbocycles. The zero-order chi connectivity index (χ0) is 31.6. The normalized spacial score (nSPS) is 20.7. The predicted molar refractivity (Wildman–Crippen MR) is 153 cm³/mol. The van der Waals surface area contributed by atoms with Gasteiger partial charge in [0.05, 0.1) is 11.1 Å². The van der Waals surface area contributed by atoms with Crippen molar-refractivity contribution in [1.82, 2.24) is 0 Å². The number of aliphatic hydroxyl groups excluding tert-OH is 2. The van der Waals surface area contributed by atoms with E-state index in [0.29, 0.717) is 5.56 Å². The maximum atomic E-state index is 11.6. The second-order valence-corrected chi connectivity index (χ2v) is 10.5. The number of phenolic OH excluding ortho intramolecular Hbond substituents is 7. The third-order valence-corrected chi connectivity index (χ3v) is 7.86. The first kappa shape index (κ1) is 28.3. The van der Waals surface area contributed by atoms with Crippen molar-refractivity contribution in [3.8, 4) is 51.7 Å². The molecule has 13 nitrogen and oxygen atoms in total. The van der Waals surface area contributed by atoms with Gasteiger partial charge < -0.3 is 55.4 Å². The number of phenols is 7. The van der Waals surface area contributed by atoms with Crippen LogP contribution in [0, 0.1) is 4.91 Å². The van der Waals surface area contributed by atoms with Gasteiger partial charge in [-0.2, -0.15) is 0 Å². The number of hydrogen-bond donors (Lipinski definition) is 9. The summed E-state index contributed by atoms with van der Waals surface area (Å²) in [6, 6.07) is 10.8. The number of ether oxygens (including phenoxy) is 2. The third kappa shape index (κ3) is 4.29. The highest BCUT2D eigenvalue weighted by Gasteiger charge is 2.42. The Morgan fingerprint density at radius 2 is 1.36 bits per heavy atom. The number of hydrogen-bond acceptors (Lipinski definition) is 13. The van der Waals surface area contributed by atoms with Crippen molar-refractivity contribution in [3.05, 3.63) is 93.1 Å². The minimum absolute atomic E-state index is 0.0279. The average molecular weight is 604 g/mol. The lowest BCUT2D eigenvalue weighted by Crippen LogP contribution is -2.33. The monoisotopic (exact) mass is 603 g/mol. The zero-order valence-corrected chi connectivity index (χ0v) is 22.7. The van der Waals surface area contributed by atoms with Crippen LogP contribution >= 0.6 is 0 Å². The van der Waals surface area contributed by atoms with Crippen molar-refractivity contribution in [2.24, 2.45) is 5.18 Å². The van der Waals surface area contributed by atoms with Crippen LogP contribution in [-0.2, 0) is 0 Å². The third-order valence-electron chi connectivity index (χ3n) is 7.86. The van der Waals surface area contributed by atoms with Gasteiger partial charge in [-0.1, -0.05) is 19.1 Å². The first-order valence-electron chi connectivity index (χ1n) is 13.2. The Morgan fingerprint density at radius 1 is 0.682 bits per heavy atom. The Labute approximate surface area is 248 Å². The molecule has 0 radical (unpaired) electrons. The van der Waals surface area contributed by atoms with Crippen LogP contribution in [-0.4, -0.2) is 52.1 Å². The van der Waals surface area contributed by atoms with Crippen molar-refractivity contribution in [2.45, 2.75) is 31.2 Å². The van der Waals surface area contributed by atoms with E-state index in [1.54, 1.807) is 6.92 Å². The number of aromatic hydroxyl groups is 7. The second-order valence-electron chi connectivity index (χ2n) is 10.5. The van der Waals surface area contributed by atoms with E-state index in [-0.39, 0.29) is 50.8 Å². The predicted octanol–water partition coefficient (Wildman–Crippen LogP) is 5.07. The Balaban J connectivity index is 1.55. The standard InChI is InChI=1S/C31H25NO12/c1-11-23-22(44-30(27(11)39)13-3-5-16(34)18(36)7-13)10-20(38)25(28(23)40)26-24-19(37)8-14(33)9-21(24)43-31(29(26)41)12-2-4-15(32-42)17(35)6-12/h2-11,27,30-31,33-41H,1H3/t11?,27?,30?,31-/m0/s1. The molecule has 226 valence electrons. The fourth-order valence-electron chi connectivity index (χ4n) is 5.69. The van der Waals surface area contributed by atoms with E-state index in [1.807, 2.05) is 0 Å². The van der Waals surface area contributed by atoms with Crippen LogP contribution in [0.5, 0.6) is 51.7 Å². The lowest BCUT2D eigenvalue weighted by Gasteiger charge is -2.37.